The van der Waals surface area contributed by atoms with Crippen LogP contribution in [0.5, 0.6) is 0 Å². The van der Waals surface area contributed by atoms with Crippen molar-refractivity contribution in [3.05, 3.63) is 0 Å². The van der Waals surface area contributed by atoms with Gasteiger partial charge >= 0.3 is 0 Å². The molecule has 18 heavy (non-hydrogen) atoms. The summed E-state index contributed by atoms with van der Waals surface area (Å²) in [4.78, 5) is 3.92. The average molecular weight is 252 g/mol. The molecule has 0 bridgehead atoms. The summed E-state index contributed by atoms with van der Waals surface area (Å²) in [7, 11) is 0. The standard InChI is InChI=1S/C16H30N2/c1-14-5-6-16(13-14)18-11-7-15(8-12-18)17-9-3-2-4-10-17/h14-16H,2-13H2,1H3/p+2/t14-,16+/m0/s1. The van der Waals surface area contributed by atoms with E-state index in [1.54, 1.807) is 0 Å². The molecule has 2 aliphatic heterocycles. The molecule has 2 atom stereocenters. The molecule has 2 heterocycles. The maximum atomic E-state index is 2.45. The van der Waals surface area contributed by atoms with E-state index in [0.717, 1.165) is 18.0 Å². The first-order chi connectivity index (χ1) is 8.83. The maximum absolute atomic E-state index is 2.45. The number of rotatable bonds is 2. The number of hydrogen-bond donors (Lipinski definition) is 2. The lowest BCUT2D eigenvalue weighted by Gasteiger charge is -2.38. The summed E-state index contributed by atoms with van der Waals surface area (Å²) < 4.78 is 0. The minimum absolute atomic E-state index is 1.01. The highest BCUT2D eigenvalue weighted by molar-refractivity contribution is 4.73. The van der Waals surface area contributed by atoms with E-state index in [9.17, 15) is 0 Å². The van der Waals surface area contributed by atoms with Gasteiger partial charge in [0.1, 0.15) is 0 Å². The van der Waals surface area contributed by atoms with Crippen molar-refractivity contribution in [2.45, 2.75) is 70.4 Å². The van der Waals surface area contributed by atoms with Crippen LogP contribution in [0.15, 0.2) is 0 Å². The Morgan fingerprint density at radius 1 is 0.667 bits per heavy atom. The van der Waals surface area contributed by atoms with Crippen molar-refractivity contribution in [1.29, 1.82) is 0 Å². The Bertz CT molecular complexity index is 239. The van der Waals surface area contributed by atoms with Crippen LogP contribution in [-0.4, -0.2) is 38.3 Å². The van der Waals surface area contributed by atoms with E-state index in [0.29, 0.717) is 0 Å². The van der Waals surface area contributed by atoms with Crippen molar-refractivity contribution in [3.8, 4) is 0 Å². The van der Waals surface area contributed by atoms with Gasteiger partial charge in [0.05, 0.1) is 38.3 Å². The molecule has 0 aromatic heterocycles. The Morgan fingerprint density at radius 2 is 1.33 bits per heavy atom. The van der Waals surface area contributed by atoms with Crippen LogP contribution in [0.4, 0.5) is 0 Å². The fourth-order valence-corrected chi connectivity index (χ4v) is 4.80. The number of hydrogen-bond acceptors (Lipinski definition) is 0. The van der Waals surface area contributed by atoms with Crippen LogP contribution in [0.1, 0.15) is 58.3 Å². The van der Waals surface area contributed by atoms with Gasteiger partial charge in [0, 0.05) is 19.3 Å². The molecule has 1 aliphatic carbocycles. The predicted octanol–water partition coefficient (Wildman–Crippen LogP) is 0.291. The van der Waals surface area contributed by atoms with Gasteiger partial charge in [-0.2, -0.15) is 0 Å². The largest absolute Gasteiger partial charge is 0.332 e. The zero-order chi connectivity index (χ0) is 12.4. The molecule has 3 fully saturated rings. The molecule has 0 unspecified atom stereocenters. The molecule has 0 amide bonds. The minimum atomic E-state index is 1.01. The third kappa shape index (κ3) is 2.91. The number of piperidine rings is 2. The maximum Gasteiger partial charge on any atom is 0.0983 e. The molecule has 2 heteroatoms. The van der Waals surface area contributed by atoms with Crippen LogP contribution in [0.25, 0.3) is 0 Å². The summed E-state index contributed by atoms with van der Waals surface area (Å²) in [6, 6.07) is 2.05. The van der Waals surface area contributed by atoms with Gasteiger partial charge in [-0.25, -0.2) is 0 Å². The molecular weight excluding hydrogens is 220 g/mol. The van der Waals surface area contributed by atoms with Gasteiger partial charge in [0.15, 0.2) is 0 Å². The minimum Gasteiger partial charge on any atom is -0.332 e. The van der Waals surface area contributed by atoms with Gasteiger partial charge in [-0.1, -0.05) is 6.92 Å². The van der Waals surface area contributed by atoms with Gasteiger partial charge < -0.3 is 9.80 Å². The molecule has 2 nitrogen and oxygen atoms in total. The smallest absolute Gasteiger partial charge is 0.0983 e. The monoisotopic (exact) mass is 252 g/mol. The Hall–Kier alpha value is -0.0800. The summed E-state index contributed by atoms with van der Waals surface area (Å²) in [5.74, 6) is 1.01. The second-order valence-corrected chi connectivity index (χ2v) is 7.27. The Morgan fingerprint density at radius 3 is 1.94 bits per heavy atom. The van der Waals surface area contributed by atoms with E-state index in [2.05, 4.69) is 6.92 Å². The third-order valence-corrected chi connectivity index (χ3v) is 5.97. The molecule has 3 rings (SSSR count). The second kappa shape index (κ2) is 5.92. The van der Waals surface area contributed by atoms with Crippen LogP contribution < -0.4 is 9.80 Å². The summed E-state index contributed by atoms with van der Waals surface area (Å²) in [5, 5.41) is 0. The Labute approximate surface area is 113 Å². The van der Waals surface area contributed by atoms with E-state index in [-0.39, 0.29) is 0 Å². The van der Waals surface area contributed by atoms with E-state index < -0.39 is 0 Å². The van der Waals surface area contributed by atoms with Crippen molar-refractivity contribution >= 4 is 0 Å². The molecule has 104 valence electrons. The summed E-state index contributed by atoms with van der Waals surface area (Å²) in [6.45, 7) is 8.35. The normalized spacial score (nSPS) is 43.2. The molecule has 0 radical (unpaired) electrons. The van der Waals surface area contributed by atoms with E-state index >= 15 is 0 Å². The first-order valence-corrected chi connectivity index (χ1v) is 8.52. The highest BCUT2D eigenvalue weighted by Crippen LogP contribution is 2.23. The molecule has 0 spiro atoms. The van der Waals surface area contributed by atoms with Crippen molar-refractivity contribution < 1.29 is 9.80 Å². The average Bonchev–Trinajstić information content (AvgIpc) is 2.87. The van der Waals surface area contributed by atoms with Gasteiger partial charge in [-0.15, -0.1) is 0 Å². The van der Waals surface area contributed by atoms with Crippen LogP contribution in [0, 0.1) is 5.92 Å². The first kappa shape index (κ1) is 12.9. The fraction of sp³-hybridized carbons (Fsp3) is 1.00. The van der Waals surface area contributed by atoms with E-state index in [4.69, 9.17) is 0 Å². The fourth-order valence-electron chi connectivity index (χ4n) is 4.80. The van der Waals surface area contributed by atoms with E-state index in [1.807, 2.05) is 9.80 Å². The summed E-state index contributed by atoms with van der Waals surface area (Å²) >= 11 is 0. The van der Waals surface area contributed by atoms with Crippen LogP contribution >= 0.6 is 0 Å². The van der Waals surface area contributed by atoms with Gasteiger partial charge in [0.2, 0.25) is 0 Å². The molecule has 2 N–H and O–H groups in total. The van der Waals surface area contributed by atoms with Crippen molar-refractivity contribution in [3.63, 3.8) is 0 Å². The van der Waals surface area contributed by atoms with Gasteiger partial charge in [0.25, 0.3) is 0 Å². The number of nitrogens with one attached hydrogen (secondary N) is 2. The highest BCUT2D eigenvalue weighted by Gasteiger charge is 2.36. The summed E-state index contributed by atoms with van der Waals surface area (Å²) in [5.41, 5.74) is 0. The van der Waals surface area contributed by atoms with Crippen LogP contribution in [0.2, 0.25) is 0 Å². The number of quaternary nitrogens is 2. The molecule has 3 aliphatic rings. The van der Waals surface area contributed by atoms with Crippen molar-refractivity contribution in [1.82, 2.24) is 0 Å². The first-order valence-electron chi connectivity index (χ1n) is 8.52. The third-order valence-electron chi connectivity index (χ3n) is 5.97. The Kier molecular flexibility index (Phi) is 4.25. The summed E-state index contributed by atoms with van der Waals surface area (Å²) in [6.07, 6.45) is 12.0. The van der Waals surface area contributed by atoms with Gasteiger partial charge in [-0.05, 0) is 38.0 Å². The highest BCUT2D eigenvalue weighted by atomic mass is 15.2. The van der Waals surface area contributed by atoms with Crippen molar-refractivity contribution in [2.24, 2.45) is 5.92 Å². The van der Waals surface area contributed by atoms with Crippen molar-refractivity contribution in [2.75, 3.05) is 26.2 Å². The van der Waals surface area contributed by atoms with Gasteiger partial charge in [-0.3, -0.25) is 0 Å². The molecular formula is C16H32N2+2. The zero-order valence-electron chi connectivity index (χ0n) is 12.2. The zero-order valence-corrected chi connectivity index (χ0v) is 12.2. The van der Waals surface area contributed by atoms with Crippen LogP contribution in [-0.2, 0) is 0 Å². The van der Waals surface area contributed by atoms with Crippen LogP contribution in [0.3, 0.4) is 0 Å². The molecule has 1 saturated carbocycles. The quantitative estimate of drug-likeness (QED) is 0.699. The lowest BCUT2D eigenvalue weighted by Crippen LogP contribution is -3.22. The lowest BCUT2D eigenvalue weighted by atomic mass is 9.98. The molecule has 2 saturated heterocycles. The second-order valence-electron chi connectivity index (χ2n) is 7.27. The van der Waals surface area contributed by atoms with E-state index in [1.165, 1.54) is 77.5 Å². The Balaban J connectivity index is 1.45. The topological polar surface area (TPSA) is 8.88 Å². The molecule has 0 aromatic carbocycles. The lowest BCUT2D eigenvalue weighted by molar-refractivity contribution is -0.970. The number of likely N-dealkylation sites (tertiary alicyclic amines) is 2. The molecule has 0 aromatic rings. The predicted molar refractivity (Wildman–Crippen MR) is 75.1 cm³/mol. The SMILES string of the molecule is C[C@H]1CC[C@@H]([NH+]2CCC([NH+]3CCCCC3)CC2)C1.